The number of nitrogens with zero attached hydrogens (tertiary/aromatic N) is 1. The Morgan fingerprint density at radius 1 is 1.40 bits per heavy atom. The Hall–Kier alpha value is -0.770. The molecule has 2 amide bonds. The van der Waals surface area contributed by atoms with Gasteiger partial charge in [0.15, 0.2) is 0 Å². The fourth-order valence-electron chi connectivity index (χ4n) is 1.91. The number of carbonyl (C=O) groups excluding carboxylic acids is 1. The van der Waals surface area contributed by atoms with Crippen LogP contribution in [-0.2, 0) is 0 Å². The zero-order valence-electron chi connectivity index (χ0n) is 9.88. The molecule has 1 rings (SSSR count). The van der Waals surface area contributed by atoms with E-state index >= 15 is 0 Å². The Labute approximate surface area is 92.4 Å². The van der Waals surface area contributed by atoms with Gasteiger partial charge in [-0.05, 0) is 33.4 Å². The number of hydrogen-bond donors (Lipinski definition) is 2. The zero-order chi connectivity index (χ0) is 11.1. The summed E-state index contributed by atoms with van der Waals surface area (Å²) in [7, 11) is 1.98. The third kappa shape index (κ3) is 4.51. The fraction of sp³-hybridized carbons (Fsp3) is 0.909. The molecule has 1 aliphatic rings. The van der Waals surface area contributed by atoms with Crippen molar-refractivity contribution in [1.29, 1.82) is 0 Å². The van der Waals surface area contributed by atoms with Crippen LogP contribution in [0.15, 0.2) is 0 Å². The van der Waals surface area contributed by atoms with Gasteiger partial charge in [-0.15, -0.1) is 0 Å². The standard InChI is InChI=1S/C11H23N3O/c1-10-9-14(11(15)13-10)8-6-4-3-5-7-12-2/h10,12H,3-9H2,1-2H3,(H,13,15). The average molecular weight is 213 g/mol. The van der Waals surface area contributed by atoms with E-state index in [9.17, 15) is 4.79 Å². The lowest BCUT2D eigenvalue weighted by Gasteiger charge is -2.13. The van der Waals surface area contributed by atoms with Crippen LogP contribution < -0.4 is 10.6 Å². The smallest absolute Gasteiger partial charge is 0.317 e. The molecule has 0 aliphatic carbocycles. The van der Waals surface area contributed by atoms with Gasteiger partial charge < -0.3 is 15.5 Å². The van der Waals surface area contributed by atoms with Crippen LogP contribution in [0.4, 0.5) is 4.79 Å². The van der Waals surface area contributed by atoms with Crippen molar-refractivity contribution in [2.45, 2.75) is 38.6 Å². The maximum Gasteiger partial charge on any atom is 0.317 e. The number of rotatable bonds is 7. The Morgan fingerprint density at radius 2 is 2.13 bits per heavy atom. The quantitative estimate of drug-likeness (QED) is 0.624. The average Bonchev–Trinajstić information content (AvgIpc) is 2.51. The summed E-state index contributed by atoms with van der Waals surface area (Å²) >= 11 is 0. The minimum Gasteiger partial charge on any atom is -0.334 e. The highest BCUT2D eigenvalue weighted by atomic mass is 16.2. The second kappa shape index (κ2) is 6.67. The molecule has 15 heavy (non-hydrogen) atoms. The van der Waals surface area contributed by atoms with Crippen molar-refractivity contribution >= 4 is 6.03 Å². The van der Waals surface area contributed by atoms with E-state index in [1.165, 1.54) is 19.3 Å². The van der Waals surface area contributed by atoms with E-state index in [4.69, 9.17) is 0 Å². The molecule has 88 valence electrons. The summed E-state index contributed by atoms with van der Waals surface area (Å²) < 4.78 is 0. The van der Waals surface area contributed by atoms with Crippen LogP contribution in [0.3, 0.4) is 0 Å². The van der Waals surface area contributed by atoms with Crippen molar-refractivity contribution in [2.75, 3.05) is 26.7 Å². The minimum atomic E-state index is 0.109. The van der Waals surface area contributed by atoms with Gasteiger partial charge in [-0.1, -0.05) is 12.8 Å². The van der Waals surface area contributed by atoms with Gasteiger partial charge in [0.25, 0.3) is 0 Å². The topological polar surface area (TPSA) is 44.4 Å². The number of nitrogens with one attached hydrogen (secondary N) is 2. The van der Waals surface area contributed by atoms with Gasteiger partial charge in [-0.25, -0.2) is 4.79 Å². The van der Waals surface area contributed by atoms with E-state index in [-0.39, 0.29) is 6.03 Å². The van der Waals surface area contributed by atoms with Crippen molar-refractivity contribution in [2.24, 2.45) is 0 Å². The molecule has 4 heteroatoms. The molecule has 1 fully saturated rings. The molecule has 0 aromatic heterocycles. The number of urea groups is 1. The van der Waals surface area contributed by atoms with Gasteiger partial charge in [0.1, 0.15) is 0 Å². The first kappa shape index (κ1) is 12.3. The molecule has 4 nitrogen and oxygen atoms in total. The highest BCUT2D eigenvalue weighted by molar-refractivity contribution is 5.76. The summed E-state index contributed by atoms with van der Waals surface area (Å²) in [6.45, 7) is 4.93. The van der Waals surface area contributed by atoms with Crippen molar-refractivity contribution in [3.63, 3.8) is 0 Å². The molecule has 1 atom stereocenters. The predicted molar refractivity (Wildman–Crippen MR) is 62.0 cm³/mol. The molecule has 0 spiro atoms. The second-order valence-corrected chi connectivity index (χ2v) is 4.31. The summed E-state index contributed by atoms with van der Waals surface area (Å²) in [5.41, 5.74) is 0. The van der Waals surface area contributed by atoms with Gasteiger partial charge in [0.2, 0.25) is 0 Å². The fourth-order valence-corrected chi connectivity index (χ4v) is 1.91. The minimum absolute atomic E-state index is 0.109. The van der Waals surface area contributed by atoms with E-state index < -0.39 is 0 Å². The van der Waals surface area contributed by atoms with Crippen molar-refractivity contribution in [3.8, 4) is 0 Å². The van der Waals surface area contributed by atoms with Crippen LogP contribution >= 0.6 is 0 Å². The third-order valence-electron chi connectivity index (χ3n) is 2.76. The monoisotopic (exact) mass is 213 g/mol. The van der Waals surface area contributed by atoms with E-state index in [0.29, 0.717) is 6.04 Å². The molecule has 2 N–H and O–H groups in total. The van der Waals surface area contributed by atoms with Crippen LogP contribution in [0.1, 0.15) is 32.6 Å². The molecule has 0 bridgehead atoms. The van der Waals surface area contributed by atoms with Crippen molar-refractivity contribution in [3.05, 3.63) is 0 Å². The maximum atomic E-state index is 11.4. The molecule has 0 saturated carbocycles. The van der Waals surface area contributed by atoms with Gasteiger partial charge in [-0.2, -0.15) is 0 Å². The first-order valence-electron chi connectivity index (χ1n) is 5.94. The lowest BCUT2D eigenvalue weighted by molar-refractivity contribution is 0.216. The van der Waals surface area contributed by atoms with Crippen molar-refractivity contribution in [1.82, 2.24) is 15.5 Å². The van der Waals surface area contributed by atoms with Gasteiger partial charge in [0.05, 0.1) is 0 Å². The van der Waals surface area contributed by atoms with Crippen LogP contribution in [0, 0.1) is 0 Å². The first-order valence-corrected chi connectivity index (χ1v) is 5.94. The molecule has 0 aromatic rings. The largest absolute Gasteiger partial charge is 0.334 e. The van der Waals surface area contributed by atoms with E-state index in [1.54, 1.807) is 0 Å². The number of hydrogen-bond acceptors (Lipinski definition) is 2. The maximum absolute atomic E-state index is 11.4. The number of carbonyl (C=O) groups is 1. The highest BCUT2D eigenvalue weighted by Crippen LogP contribution is 2.06. The van der Waals surface area contributed by atoms with Gasteiger partial charge >= 0.3 is 6.03 Å². The summed E-state index contributed by atoms with van der Waals surface area (Å²) in [5, 5.41) is 6.04. The molecule has 1 saturated heterocycles. The number of amides is 2. The molecular weight excluding hydrogens is 190 g/mol. The Balaban J connectivity index is 1.98. The van der Waals surface area contributed by atoms with E-state index in [1.807, 2.05) is 18.9 Å². The molecule has 0 aromatic carbocycles. The predicted octanol–water partition coefficient (Wildman–Crippen LogP) is 1.18. The zero-order valence-corrected chi connectivity index (χ0v) is 9.88. The summed E-state index contributed by atoms with van der Waals surface area (Å²) in [6, 6.07) is 0.430. The van der Waals surface area contributed by atoms with E-state index in [0.717, 1.165) is 26.1 Å². The van der Waals surface area contributed by atoms with Crippen molar-refractivity contribution < 1.29 is 4.79 Å². The summed E-state index contributed by atoms with van der Waals surface area (Å²) in [4.78, 5) is 13.3. The molecule has 1 aliphatic heterocycles. The Morgan fingerprint density at radius 3 is 2.73 bits per heavy atom. The van der Waals surface area contributed by atoms with E-state index in [2.05, 4.69) is 10.6 Å². The second-order valence-electron chi connectivity index (χ2n) is 4.31. The molecular formula is C11H23N3O. The van der Waals surface area contributed by atoms with Gasteiger partial charge in [-0.3, -0.25) is 0 Å². The Bertz CT molecular complexity index is 196. The highest BCUT2D eigenvalue weighted by Gasteiger charge is 2.24. The van der Waals surface area contributed by atoms with Gasteiger partial charge in [0, 0.05) is 19.1 Å². The van der Waals surface area contributed by atoms with Crippen LogP contribution in [0.25, 0.3) is 0 Å². The SMILES string of the molecule is CNCCCCCCN1CC(C)NC1=O. The lowest BCUT2D eigenvalue weighted by Crippen LogP contribution is -2.29. The summed E-state index contributed by atoms with van der Waals surface area (Å²) in [6.07, 6.45) is 4.84. The number of unbranched alkanes of at least 4 members (excludes halogenated alkanes) is 3. The molecule has 1 heterocycles. The summed E-state index contributed by atoms with van der Waals surface area (Å²) in [5.74, 6) is 0. The Kier molecular flexibility index (Phi) is 5.47. The van der Waals surface area contributed by atoms with Crippen LogP contribution in [0.5, 0.6) is 0 Å². The first-order chi connectivity index (χ1) is 7.24. The lowest BCUT2D eigenvalue weighted by atomic mass is 10.2. The normalized spacial score (nSPS) is 20.8. The third-order valence-corrected chi connectivity index (χ3v) is 2.76. The molecule has 1 unspecified atom stereocenters. The van der Waals surface area contributed by atoms with Crippen LogP contribution in [-0.4, -0.2) is 43.7 Å². The molecule has 0 radical (unpaired) electrons. The van der Waals surface area contributed by atoms with Crippen LogP contribution in [0.2, 0.25) is 0 Å².